The molecule has 0 heterocycles. The summed E-state index contributed by atoms with van der Waals surface area (Å²) in [5.41, 5.74) is 8.86. The Morgan fingerprint density at radius 2 is 1.33 bits per heavy atom. The van der Waals surface area contributed by atoms with Crippen LogP contribution >= 0.6 is 0 Å². The molecule has 212 valence electrons. The van der Waals surface area contributed by atoms with E-state index in [0.717, 1.165) is 30.4 Å². The van der Waals surface area contributed by atoms with Gasteiger partial charge in [0.05, 0.1) is 6.61 Å². The minimum Gasteiger partial charge on any atom is -0.462 e. The standard InChI is InChI=1S/C41H36O2/c1-27(2)31-16-12-18-33(26-31)39-36-21-8-7-20-35(36)38(37-23-22-30-15-5-6-19-34(30)40(37)39)32-17-11-14-29(25-32)13-9-10-24-43-41(42)28(3)4/h5-8,11-12,14-23,25-26H,1,3,9-10,13,24H2,2,4H3. The molecule has 0 atom stereocenters. The van der Waals surface area contributed by atoms with Gasteiger partial charge in [-0.25, -0.2) is 4.79 Å². The Bertz CT molecular complexity index is 2030. The van der Waals surface area contributed by atoms with Crippen LogP contribution < -0.4 is 0 Å². The highest BCUT2D eigenvalue weighted by Gasteiger charge is 2.19. The monoisotopic (exact) mass is 560 g/mol. The molecule has 0 amide bonds. The van der Waals surface area contributed by atoms with Crippen molar-refractivity contribution in [3.05, 3.63) is 139 Å². The average molecular weight is 561 g/mol. The number of benzene rings is 6. The number of fused-ring (bicyclic) bond motifs is 4. The quantitative estimate of drug-likeness (QED) is 0.0578. The van der Waals surface area contributed by atoms with Gasteiger partial charge < -0.3 is 4.74 Å². The molecule has 2 heteroatoms. The Morgan fingerprint density at radius 1 is 0.651 bits per heavy atom. The summed E-state index contributed by atoms with van der Waals surface area (Å²) >= 11 is 0. The van der Waals surface area contributed by atoms with Crippen LogP contribution in [0.5, 0.6) is 0 Å². The smallest absolute Gasteiger partial charge is 0.333 e. The molecule has 0 aliphatic heterocycles. The summed E-state index contributed by atoms with van der Waals surface area (Å²) in [7, 11) is 0. The number of aryl methyl sites for hydroxylation is 1. The number of hydrogen-bond donors (Lipinski definition) is 0. The van der Waals surface area contributed by atoms with E-state index >= 15 is 0 Å². The molecule has 0 unspecified atom stereocenters. The zero-order chi connectivity index (χ0) is 29.9. The summed E-state index contributed by atoms with van der Waals surface area (Å²) in [5, 5.41) is 7.49. The molecule has 0 fully saturated rings. The van der Waals surface area contributed by atoms with Crippen LogP contribution in [-0.4, -0.2) is 12.6 Å². The first-order valence-electron chi connectivity index (χ1n) is 15.0. The summed E-state index contributed by atoms with van der Waals surface area (Å²) in [6.45, 7) is 12.0. The third kappa shape index (κ3) is 5.61. The molecule has 0 aliphatic rings. The molecule has 6 aromatic rings. The molecule has 0 aliphatic carbocycles. The minimum atomic E-state index is -0.317. The lowest BCUT2D eigenvalue weighted by molar-refractivity contribution is -0.139. The van der Waals surface area contributed by atoms with E-state index in [1.54, 1.807) is 6.92 Å². The second-order valence-electron chi connectivity index (χ2n) is 11.4. The molecule has 0 saturated carbocycles. The van der Waals surface area contributed by atoms with Gasteiger partial charge in [0.15, 0.2) is 0 Å². The number of ether oxygens (including phenoxy) is 1. The lowest BCUT2D eigenvalue weighted by Crippen LogP contribution is -2.06. The summed E-state index contributed by atoms with van der Waals surface area (Å²) in [5.74, 6) is -0.317. The normalized spacial score (nSPS) is 11.2. The molecule has 0 bridgehead atoms. The van der Waals surface area contributed by atoms with E-state index < -0.39 is 0 Å². The zero-order valence-corrected chi connectivity index (χ0v) is 25.0. The van der Waals surface area contributed by atoms with Gasteiger partial charge >= 0.3 is 5.97 Å². The third-order valence-corrected chi connectivity index (χ3v) is 8.22. The van der Waals surface area contributed by atoms with Crippen molar-refractivity contribution in [3.63, 3.8) is 0 Å². The minimum absolute atomic E-state index is 0.317. The lowest BCUT2D eigenvalue weighted by Gasteiger charge is -2.20. The van der Waals surface area contributed by atoms with E-state index in [2.05, 4.69) is 129 Å². The van der Waals surface area contributed by atoms with Crippen molar-refractivity contribution in [3.8, 4) is 22.3 Å². The van der Waals surface area contributed by atoms with E-state index in [9.17, 15) is 4.79 Å². The lowest BCUT2D eigenvalue weighted by atomic mass is 9.83. The molecular formula is C41H36O2. The maximum absolute atomic E-state index is 11.7. The van der Waals surface area contributed by atoms with Crippen molar-refractivity contribution in [2.75, 3.05) is 6.61 Å². The molecule has 6 rings (SSSR count). The Morgan fingerprint density at radius 3 is 2.07 bits per heavy atom. The van der Waals surface area contributed by atoms with Crippen molar-refractivity contribution in [1.82, 2.24) is 0 Å². The first-order chi connectivity index (χ1) is 20.9. The molecule has 0 aromatic heterocycles. The first kappa shape index (κ1) is 28.2. The summed E-state index contributed by atoms with van der Waals surface area (Å²) < 4.78 is 5.29. The average Bonchev–Trinajstić information content (AvgIpc) is 3.03. The summed E-state index contributed by atoms with van der Waals surface area (Å²) in [6.07, 6.45) is 2.68. The number of carbonyl (C=O) groups excluding carboxylic acids is 1. The predicted molar refractivity (Wildman–Crippen MR) is 183 cm³/mol. The fourth-order valence-electron chi connectivity index (χ4n) is 6.10. The Kier molecular flexibility index (Phi) is 7.94. The fraction of sp³-hybridized carbons (Fsp3) is 0.146. The number of hydrogen-bond acceptors (Lipinski definition) is 2. The number of carbonyl (C=O) groups is 1. The SMILES string of the molecule is C=C(C)C(=O)OCCCCc1cccc(-c2c3ccccc3c(-c3cccc(C(=C)C)c3)c3c2ccc2ccccc23)c1. The number of unbranched alkanes of at least 4 members (excludes halogenated alkanes) is 1. The molecule has 0 N–H and O–H groups in total. The van der Waals surface area contributed by atoms with Gasteiger partial charge in [0.2, 0.25) is 0 Å². The van der Waals surface area contributed by atoms with Crippen molar-refractivity contribution in [2.24, 2.45) is 0 Å². The van der Waals surface area contributed by atoms with Crippen LogP contribution in [0, 0.1) is 0 Å². The number of rotatable bonds is 9. The van der Waals surface area contributed by atoms with E-state index in [-0.39, 0.29) is 5.97 Å². The Hall–Kier alpha value is -4.95. The van der Waals surface area contributed by atoms with Crippen molar-refractivity contribution < 1.29 is 9.53 Å². The molecule has 6 aromatic carbocycles. The maximum atomic E-state index is 11.7. The van der Waals surface area contributed by atoms with Crippen LogP contribution in [0.3, 0.4) is 0 Å². The highest BCUT2D eigenvalue weighted by molar-refractivity contribution is 6.27. The summed E-state index contributed by atoms with van der Waals surface area (Å²) in [6, 6.07) is 39.8. The third-order valence-electron chi connectivity index (χ3n) is 8.22. The zero-order valence-electron chi connectivity index (χ0n) is 25.0. The Balaban J connectivity index is 1.52. The number of esters is 1. The van der Waals surface area contributed by atoms with Gasteiger partial charge in [-0.05, 0) is 105 Å². The van der Waals surface area contributed by atoms with E-state index in [1.165, 1.54) is 60.1 Å². The van der Waals surface area contributed by atoms with Crippen LogP contribution in [0.15, 0.2) is 128 Å². The molecule has 2 nitrogen and oxygen atoms in total. The highest BCUT2D eigenvalue weighted by Crippen LogP contribution is 2.46. The molecule has 0 spiro atoms. The second kappa shape index (κ2) is 12.1. The van der Waals surface area contributed by atoms with Gasteiger partial charge in [0, 0.05) is 5.57 Å². The van der Waals surface area contributed by atoms with Gasteiger partial charge in [-0.2, -0.15) is 0 Å². The van der Waals surface area contributed by atoms with Gasteiger partial charge in [0.1, 0.15) is 0 Å². The molecule has 0 saturated heterocycles. The first-order valence-corrected chi connectivity index (χ1v) is 15.0. The summed E-state index contributed by atoms with van der Waals surface area (Å²) in [4.78, 5) is 11.7. The van der Waals surface area contributed by atoms with Gasteiger partial charge in [0.25, 0.3) is 0 Å². The Labute approximate surface area is 254 Å². The molecule has 0 radical (unpaired) electrons. The van der Waals surface area contributed by atoms with E-state index in [0.29, 0.717) is 12.2 Å². The predicted octanol–water partition coefficient (Wildman–Crippen LogP) is 11.0. The van der Waals surface area contributed by atoms with Crippen LogP contribution in [0.2, 0.25) is 0 Å². The van der Waals surface area contributed by atoms with E-state index in [4.69, 9.17) is 4.74 Å². The topological polar surface area (TPSA) is 26.3 Å². The number of allylic oxidation sites excluding steroid dienone is 1. The largest absolute Gasteiger partial charge is 0.462 e. The van der Waals surface area contributed by atoms with Crippen LogP contribution in [0.1, 0.15) is 37.8 Å². The van der Waals surface area contributed by atoms with Gasteiger partial charge in [-0.3, -0.25) is 0 Å². The van der Waals surface area contributed by atoms with E-state index in [1.807, 2.05) is 0 Å². The van der Waals surface area contributed by atoms with Crippen LogP contribution in [0.25, 0.3) is 60.1 Å². The van der Waals surface area contributed by atoms with Gasteiger partial charge in [-0.15, -0.1) is 0 Å². The van der Waals surface area contributed by atoms with Gasteiger partial charge in [-0.1, -0.05) is 122 Å². The molecular weight excluding hydrogens is 524 g/mol. The van der Waals surface area contributed by atoms with Crippen LogP contribution in [0.4, 0.5) is 0 Å². The fourth-order valence-corrected chi connectivity index (χ4v) is 6.10. The molecule has 43 heavy (non-hydrogen) atoms. The van der Waals surface area contributed by atoms with Crippen molar-refractivity contribution >= 4 is 43.9 Å². The van der Waals surface area contributed by atoms with Crippen molar-refractivity contribution in [2.45, 2.75) is 33.1 Å². The van der Waals surface area contributed by atoms with Crippen molar-refractivity contribution in [1.29, 1.82) is 0 Å². The highest BCUT2D eigenvalue weighted by atomic mass is 16.5. The maximum Gasteiger partial charge on any atom is 0.333 e. The van der Waals surface area contributed by atoms with Crippen LogP contribution in [-0.2, 0) is 16.0 Å². The second-order valence-corrected chi connectivity index (χ2v) is 11.4.